The number of aliphatic hydroxyl groups is 2. The van der Waals surface area contributed by atoms with Gasteiger partial charge in [-0.25, -0.2) is 0 Å². The van der Waals surface area contributed by atoms with Crippen LogP contribution in [-0.4, -0.2) is 53.7 Å². The van der Waals surface area contributed by atoms with Crippen LogP contribution in [0.1, 0.15) is 10.4 Å². The lowest BCUT2D eigenvalue weighted by atomic mass is 10.1. The van der Waals surface area contributed by atoms with Crippen molar-refractivity contribution in [3.05, 3.63) is 34.9 Å². The molecule has 0 fully saturated rings. The van der Waals surface area contributed by atoms with Gasteiger partial charge in [-0.05, 0) is 12.1 Å². The minimum absolute atomic E-state index is 0.0118. The molecule has 126 valence electrons. The van der Waals surface area contributed by atoms with Crippen molar-refractivity contribution in [1.82, 2.24) is 0 Å². The van der Waals surface area contributed by atoms with Gasteiger partial charge in [0.1, 0.15) is 11.5 Å². The van der Waals surface area contributed by atoms with Crippen molar-refractivity contribution in [2.24, 2.45) is 0 Å². The zero-order chi connectivity index (χ0) is 17.2. The van der Waals surface area contributed by atoms with E-state index in [-0.39, 0.29) is 29.9 Å². The molecule has 0 heterocycles. The first-order valence-electron chi connectivity index (χ1n) is 6.19. The van der Waals surface area contributed by atoms with E-state index in [0.717, 1.165) is 0 Å². The van der Waals surface area contributed by atoms with Gasteiger partial charge in [-0.3, -0.25) is 4.79 Å². The van der Waals surface area contributed by atoms with Crippen LogP contribution in [-0.2, 0) is 10.9 Å². The van der Waals surface area contributed by atoms with Gasteiger partial charge in [0.05, 0.1) is 13.2 Å². The van der Waals surface area contributed by atoms with Crippen molar-refractivity contribution >= 4 is 35.5 Å². The van der Waals surface area contributed by atoms with E-state index in [1.807, 2.05) is 0 Å². The summed E-state index contributed by atoms with van der Waals surface area (Å²) in [5.41, 5.74) is 0.589. The maximum Gasteiger partial charge on any atom is 0.673 e. The lowest BCUT2D eigenvalue weighted by molar-refractivity contribution is 0.102. The molecule has 0 aliphatic rings. The van der Waals surface area contributed by atoms with Crippen LogP contribution >= 0.6 is 11.6 Å². The van der Waals surface area contributed by atoms with Crippen LogP contribution in [0.25, 0.3) is 0 Å². The predicted molar refractivity (Wildman–Crippen MR) is 82.1 cm³/mol. The number of carbonyl (C=O) groups is 1. The lowest BCUT2D eigenvalue weighted by Gasteiger charge is -2.06. The fourth-order valence-corrected chi connectivity index (χ4v) is 3.17. The molecule has 0 aliphatic heterocycles. The Kier molecular flexibility index (Phi) is 10.5. The first-order chi connectivity index (χ1) is 10.2. The quantitative estimate of drug-likeness (QED) is 0.339. The maximum absolute atomic E-state index is 11.9. The Morgan fingerprint density at radius 1 is 1.14 bits per heavy atom. The van der Waals surface area contributed by atoms with Crippen LogP contribution in [0.3, 0.4) is 0 Å². The summed E-state index contributed by atoms with van der Waals surface area (Å²) in [6.45, 7) is 0.0951. The largest absolute Gasteiger partial charge is 0.673 e. The third-order valence-electron chi connectivity index (χ3n) is 2.24. The Morgan fingerprint density at radius 3 is 2.05 bits per heavy atom. The smallest absolute Gasteiger partial charge is 0.418 e. The summed E-state index contributed by atoms with van der Waals surface area (Å²) in [4.78, 5) is 11.9. The number of halogens is 5. The van der Waals surface area contributed by atoms with E-state index in [1.54, 1.807) is 24.3 Å². The number of Topliss-reactive ketones (excluding diaryl/α,β-unsaturated/α-hetero) is 1. The molecule has 0 aliphatic carbocycles. The Hall–Kier alpha value is -0.765. The van der Waals surface area contributed by atoms with Gasteiger partial charge in [-0.1, -0.05) is 23.7 Å². The molecule has 0 saturated carbocycles. The van der Waals surface area contributed by atoms with Gasteiger partial charge in [0.15, 0.2) is 5.75 Å². The van der Waals surface area contributed by atoms with Crippen molar-refractivity contribution in [2.75, 3.05) is 30.5 Å². The molecule has 1 aromatic carbocycles. The van der Waals surface area contributed by atoms with E-state index < -0.39 is 7.25 Å². The summed E-state index contributed by atoms with van der Waals surface area (Å²) in [5, 5.41) is 18.3. The van der Waals surface area contributed by atoms with Crippen molar-refractivity contribution in [2.45, 2.75) is 0 Å². The molecule has 2 N–H and O–H groups in total. The zero-order valence-electron chi connectivity index (χ0n) is 11.5. The SMILES string of the molecule is F[B-](F)(F)F.O=C(C[S+](CCO)CCO)c1cccc(Cl)c1. The number of aliphatic hydroxyl groups excluding tert-OH is 2. The highest BCUT2D eigenvalue weighted by atomic mass is 35.5. The molecule has 0 atom stereocenters. The summed E-state index contributed by atoms with van der Waals surface area (Å²) in [6, 6.07) is 6.84. The van der Waals surface area contributed by atoms with E-state index >= 15 is 0 Å². The van der Waals surface area contributed by atoms with Crippen LogP contribution in [0.2, 0.25) is 5.02 Å². The van der Waals surface area contributed by atoms with E-state index in [4.69, 9.17) is 21.8 Å². The molecule has 22 heavy (non-hydrogen) atoms. The number of hydrogen-bond donors (Lipinski definition) is 2. The highest BCUT2D eigenvalue weighted by Gasteiger charge is 2.22. The van der Waals surface area contributed by atoms with Crippen molar-refractivity contribution < 1.29 is 32.3 Å². The summed E-state index contributed by atoms with van der Waals surface area (Å²) in [7, 11) is -6.25. The number of benzene rings is 1. The van der Waals surface area contributed by atoms with Crippen molar-refractivity contribution in [3.63, 3.8) is 0 Å². The topological polar surface area (TPSA) is 57.5 Å². The molecular weight excluding hydrogens is 346 g/mol. The molecule has 0 aromatic heterocycles. The van der Waals surface area contributed by atoms with Gasteiger partial charge in [0.2, 0.25) is 5.78 Å². The number of carbonyl (C=O) groups excluding carboxylic acids is 1. The molecule has 1 rings (SSSR count). The predicted octanol–water partition coefficient (Wildman–Crippen LogP) is 2.43. The van der Waals surface area contributed by atoms with E-state index in [2.05, 4.69) is 0 Å². The number of ketones is 1. The molecule has 3 nitrogen and oxygen atoms in total. The number of hydrogen-bond acceptors (Lipinski definition) is 3. The lowest BCUT2D eigenvalue weighted by Crippen LogP contribution is -2.25. The van der Waals surface area contributed by atoms with E-state index in [0.29, 0.717) is 27.8 Å². The number of rotatable bonds is 7. The Morgan fingerprint density at radius 2 is 1.64 bits per heavy atom. The molecule has 0 radical (unpaired) electrons. The molecule has 0 amide bonds. The second-order valence-electron chi connectivity index (χ2n) is 4.04. The monoisotopic (exact) mass is 362 g/mol. The Labute approximate surface area is 133 Å². The van der Waals surface area contributed by atoms with Gasteiger partial charge < -0.3 is 27.5 Å². The maximum atomic E-state index is 11.9. The van der Waals surface area contributed by atoms with Gasteiger partial charge in [0, 0.05) is 21.5 Å². The average Bonchev–Trinajstić information content (AvgIpc) is 2.37. The normalized spacial score (nSPS) is 11.1. The van der Waals surface area contributed by atoms with Crippen molar-refractivity contribution in [3.8, 4) is 0 Å². The van der Waals surface area contributed by atoms with Crippen molar-refractivity contribution in [1.29, 1.82) is 0 Å². The van der Waals surface area contributed by atoms with Gasteiger partial charge >= 0.3 is 7.25 Å². The molecule has 0 spiro atoms. The molecule has 0 bridgehead atoms. The standard InChI is InChI=1S/C12H16ClO3S.BF4/c13-11-3-1-2-10(8-11)12(16)9-17(6-4-14)7-5-15;2-1(3,4)5/h1-3,8,14-15H,4-7,9H2;/q+1;-1. The van der Waals surface area contributed by atoms with Crippen LogP contribution in [0, 0.1) is 0 Å². The Balaban J connectivity index is 0.000000763. The molecular formula is C12H16BClF4O3S. The third-order valence-corrected chi connectivity index (χ3v) is 4.67. The zero-order valence-corrected chi connectivity index (χ0v) is 13.1. The summed E-state index contributed by atoms with van der Waals surface area (Å²) >= 11 is 5.82. The fraction of sp³-hybridized carbons (Fsp3) is 0.417. The third kappa shape index (κ3) is 11.8. The average molecular weight is 363 g/mol. The summed E-state index contributed by atoms with van der Waals surface area (Å²) in [6.07, 6.45) is 0. The molecule has 1 aromatic rings. The summed E-state index contributed by atoms with van der Waals surface area (Å²) in [5.74, 6) is 1.50. The van der Waals surface area contributed by atoms with Crippen LogP contribution in [0.4, 0.5) is 17.3 Å². The highest BCUT2D eigenvalue weighted by molar-refractivity contribution is 7.97. The fourth-order valence-electron chi connectivity index (χ4n) is 1.44. The first-order valence-corrected chi connectivity index (χ1v) is 8.30. The van der Waals surface area contributed by atoms with Crippen LogP contribution < -0.4 is 0 Å². The van der Waals surface area contributed by atoms with E-state index in [1.165, 1.54) is 0 Å². The minimum Gasteiger partial charge on any atom is -0.418 e. The van der Waals surface area contributed by atoms with Crippen LogP contribution in [0.15, 0.2) is 24.3 Å². The summed E-state index contributed by atoms with van der Waals surface area (Å²) < 4.78 is 39.0. The second-order valence-corrected chi connectivity index (χ2v) is 6.81. The highest BCUT2D eigenvalue weighted by Crippen LogP contribution is 2.12. The minimum atomic E-state index is -6.00. The van der Waals surface area contributed by atoms with Gasteiger partial charge in [-0.2, -0.15) is 0 Å². The molecule has 0 unspecified atom stereocenters. The van der Waals surface area contributed by atoms with Gasteiger partial charge in [0.25, 0.3) is 0 Å². The molecule has 10 heteroatoms. The first kappa shape index (κ1) is 21.2. The molecule has 0 saturated heterocycles. The van der Waals surface area contributed by atoms with Gasteiger partial charge in [-0.15, -0.1) is 0 Å². The Bertz CT molecular complexity index is 450. The van der Waals surface area contributed by atoms with Crippen LogP contribution in [0.5, 0.6) is 0 Å². The van der Waals surface area contributed by atoms with E-state index in [9.17, 15) is 22.1 Å². The second kappa shape index (κ2) is 10.9.